The van der Waals surface area contributed by atoms with Gasteiger partial charge < -0.3 is 4.57 Å². The van der Waals surface area contributed by atoms with Gasteiger partial charge in [0.1, 0.15) is 0 Å². The van der Waals surface area contributed by atoms with E-state index >= 15 is 0 Å². The van der Waals surface area contributed by atoms with Gasteiger partial charge in [-0.1, -0.05) is 48.0 Å². The minimum absolute atomic E-state index is 0.460. The van der Waals surface area contributed by atoms with Crippen molar-refractivity contribution in [3.8, 4) is 5.69 Å². The van der Waals surface area contributed by atoms with E-state index in [9.17, 15) is 0 Å². The van der Waals surface area contributed by atoms with E-state index in [-0.39, 0.29) is 0 Å². The van der Waals surface area contributed by atoms with Gasteiger partial charge >= 0.3 is 0 Å². The van der Waals surface area contributed by atoms with E-state index in [4.69, 9.17) is 4.99 Å². The zero-order valence-electron chi connectivity index (χ0n) is 13.3. The molecule has 0 saturated heterocycles. The van der Waals surface area contributed by atoms with Crippen molar-refractivity contribution >= 4 is 27.8 Å². The number of hydrogen-bond acceptors (Lipinski definition) is 1. The van der Waals surface area contributed by atoms with Crippen molar-refractivity contribution in [2.45, 2.75) is 19.8 Å². The molecule has 1 aromatic heterocycles. The smallest absolute Gasteiger partial charge is 0.0665 e. The minimum atomic E-state index is 0.460. The van der Waals surface area contributed by atoms with Crippen molar-refractivity contribution in [1.29, 1.82) is 0 Å². The lowest BCUT2D eigenvalue weighted by atomic mass is 10.0. The molecule has 0 fully saturated rings. The molecule has 3 aromatic rings. The second kappa shape index (κ2) is 6.97. The number of benzene rings is 2. The molecule has 0 amide bonds. The lowest BCUT2D eigenvalue weighted by Crippen LogP contribution is -1.97. The van der Waals surface area contributed by atoms with Crippen LogP contribution >= 0.6 is 15.9 Å². The summed E-state index contributed by atoms with van der Waals surface area (Å²) in [6, 6.07) is 20.7. The standard InChI is InChI=1S/C20H19BrN2/c1-15(2)19-7-3-4-8-20(19)22-14-18-6-5-13-23(18)17-11-9-16(21)10-12-17/h3-15H,1-2H3. The van der Waals surface area contributed by atoms with Gasteiger partial charge in [-0.15, -0.1) is 0 Å². The van der Waals surface area contributed by atoms with Crippen LogP contribution in [-0.2, 0) is 0 Å². The fourth-order valence-electron chi connectivity index (χ4n) is 2.57. The Labute approximate surface area is 145 Å². The summed E-state index contributed by atoms with van der Waals surface area (Å²) in [6.45, 7) is 4.39. The number of rotatable bonds is 4. The average molecular weight is 367 g/mol. The van der Waals surface area contributed by atoms with E-state index in [2.05, 4.69) is 76.9 Å². The largest absolute Gasteiger partial charge is 0.316 e. The first kappa shape index (κ1) is 15.8. The number of para-hydroxylation sites is 1. The maximum atomic E-state index is 4.72. The molecular formula is C20H19BrN2. The fourth-order valence-corrected chi connectivity index (χ4v) is 2.83. The van der Waals surface area contributed by atoms with Crippen LogP contribution < -0.4 is 0 Å². The van der Waals surface area contributed by atoms with Crippen LogP contribution in [-0.4, -0.2) is 10.8 Å². The van der Waals surface area contributed by atoms with E-state index in [1.54, 1.807) is 0 Å². The Hall–Kier alpha value is -2.13. The van der Waals surface area contributed by atoms with Gasteiger partial charge in [-0.3, -0.25) is 4.99 Å². The van der Waals surface area contributed by atoms with Gasteiger partial charge in [-0.25, -0.2) is 0 Å². The summed E-state index contributed by atoms with van der Waals surface area (Å²) in [7, 11) is 0. The summed E-state index contributed by atoms with van der Waals surface area (Å²) in [5, 5.41) is 0. The van der Waals surface area contributed by atoms with Gasteiger partial charge in [0, 0.05) is 16.4 Å². The molecule has 3 rings (SSSR count). The quantitative estimate of drug-likeness (QED) is 0.495. The zero-order valence-corrected chi connectivity index (χ0v) is 14.9. The van der Waals surface area contributed by atoms with Crippen molar-refractivity contribution in [1.82, 2.24) is 4.57 Å². The third-order valence-corrected chi connectivity index (χ3v) is 4.31. The molecule has 0 bridgehead atoms. The maximum absolute atomic E-state index is 4.72. The van der Waals surface area contributed by atoms with E-state index in [1.165, 1.54) is 5.56 Å². The summed E-state index contributed by atoms with van der Waals surface area (Å²) < 4.78 is 3.21. The minimum Gasteiger partial charge on any atom is -0.316 e. The molecule has 0 radical (unpaired) electrons. The molecule has 0 aliphatic carbocycles. The van der Waals surface area contributed by atoms with Gasteiger partial charge in [-0.2, -0.15) is 0 Å². The number of halogens is 1. The van der Waals surface area contributed by atoms with Crippen molar-refractivity contribution in [3.05, 3.63) is 82.6 Å². The van der Waals surface area contributed by atoms with Crippen LogP contribution in [0, 0.1) is 0 Å². The number of hydrogen-bond donors (Lipinski definition) is 0. The number of aliphatic imine (C=N–C) groups is 1. The van der Waals surface area contributed by atoms with E-state index in [1.807, 2.05) is 30.5 Å². The molecule has 0 aliphatic heterocycles. The van der Waals surface area contributed by atoms with Crippen molar-refractivity contribution < 1.29 is 0 Å². The normalized spacial score (nSPS) is 11.5. The van der Waals surface area contributed by atoms with Crippen LogP contribution in [0.3, 0.4) is 0 Å². The van der Waals surface area contributed by atoms with Crippen LogP contribution in [0.25, 0.3) is 5.69 Å². The van der Waals surface area contributed by atoms with Crippen LogP contribution in [0.15, 0.2) is 76.3 Å². The van der Waals surface area contributed by atoms with E-state index in [0.29, 0.717) is 5.92 Å². The predicted octanol–water partition coefficient (Wildman–Crippen LogP) is 6.11. The lowest BCUT2D eigenvalue weighted by molar-refractivity contribution is 0.867. The highest BCUT2D eigenvalue weighted by atomic mass is 79.9. The topological polar surface area (TPSA) is 17.3 Å². The summed E-state index contributed by atoms with van der Waals surface area (Å²) in [4.78, 5) is 4.72. The average Bonchev–Trinajstić information content (AvgIpc) is 3.02. The highest BCUT2D eigenvalue weighted by molar-refractivity contribution is 9.10. The molecule has 1 heterocycles. The maximum Gasteiger partial charge on any atom is 0.0665 e. The second-order valence-electron chi connectivity index (χ2n) is 5.75. The van der Waals surface area contributed by atoms with Crippen molar-refractivity contribution in [2.24, 2.45) is 4.99 Å². The molecule has 23 heavy (non-hydrogen) atoms. The summed E-state index contributed by atoms with van der Waals surface area (Å²) in [5.74, 6) is 0.460. The SMILES string of the molecule is CC(C)c1ccccc1N=Cc1cccn1-c1ccc(Br)cc1. The van der Waals surface area contributed by atoms with Crippen LogP contribution in [0.2, 0.25) is 0 Å². The molecule has 0 spiro atoms. The molecule has 2 nitrogen and oxygen atoms in total. The second-order valence-corrected chi connectivity index (χ2v) is 6.67. The molecule has 3 heteroatoms. The highest BCUT2D eigenvalue weighted by Gasteiger charge is 2.05. The molecule has 0 saturated carbocycles. The fraction of sp³-hybridized carbons (Fsp3) is 0.150. The molecule has 2 aromatic carbocycles. The Bertz CT molecular complexity index is 814. The Morgan fingerprint density at radius 2 is 1.70 bits per heavy atom. The molecule has 116 valence electrons. The van der Waals surface area contributed by atoms with E-state index < -0.39 is 0 Å². The third kappa shape index (κ3) is 3.62. The predicted molar refractivity (Wildman–Crippen MR) is 101 cm³/mol. The first-order chi connectivity index (χ1) is 11.1. The first-order valence-electron chi connectivity index (χ1n) is 7.71. The number of nitrogens with zero attached hydrogens (tertiary/aromatic N) is 2. The molecule has 0 unspecified atom stereocenters. The molecule has 0 N–H and O–H groups in total. The van der Waals surface area contributed by atoms with E-state index in [0.717, 1.165) is 21.5 Å². The lowest BCUT2D eigenvalue weighted by Gasteiger charge is -2.09. The summed E-state index contributed by atoms with van der Waals surface area (Å²) >= 11 is 3.47. The molecular weight excluding hydrogens is 348 g/mol. The summed E-state index contributed by atoms with van der Waals surface area (Å²) in [6.07, 6.45) is 3.99. The van der Waals surface area contributed by atoms with Gasteiger partial charge in [0.15, 0.2) is 0 Å². The Morgan fingerprint density at radius 1 is 0.957 bits per heavy atom. The van der Waals surface area contributed by atoms with Crippen molar-refractivity contribution in [2.75, 3.05) is 0 Å². The Kier molecular flexibility index (Phi) is 4.77. The third-order valence-electron chi connectivity index (χ3n) is 3.78. The van der Waals surface area contributed by atoms with Gasteiger partial charge in [0.25, 0.3) is 0 Å². The van der Waals surface area contributed by atoms with Crippen LogP contribution in [0.4, 0.5) is 5.69 Å². The summed E-state index contributed by atoms with van der Waals surface area (Å²) in [5.41, 5.74) is 4.49. The Balaban J connectivity index is 1.93. The Morgan fingerprint density at radius 3 is 2.43 bits per heavy atom. The highest BCUT2D eigenvalue weighted by Crippen LogP contribution is 2.26. The molecule has 0 atom stereocenters. The number of aromatic nitrogens is 1. The van der Waals surface area contributed by atoms with Crippen molar-refractivity contribution in [3.63, 3.8) is 0 Å². The monoisotopic (exact) mass is 366 g/mol. The van der Waals surface area contributed by atoms with Crippen LogP contribution in [0.5, 0.6) is 0 Å². The van der Waals surface area contributed by atoms with Gasteiger partial charge in [0.05, 0.1) is 17.6 Å². The molecule has 0 aliphatic rings. The van der Waals surface area contributed by atoms with Crippen LogP contribution in [0.1, 0.15) is 31.0 Å². The zero-order chi connectivity index (χ0) is 16.2. The van der Waals surface area contributed by atoms with Gasteiger partial charge in [0.2, 0.25) is 0 Å². The first-order valence-corrected chi connectivity index (χ1v) is 8.51. The van der Waals surface area contributed by atoms with Gasteiger partial charge in [-0.05, 0) is 53.9 Å².